The summed E-state index contributed by atoms with van der Waals surface area (Å²) in [5.41, 5.74) is -2.49. The van der Waals surface area contributed by atoms with E-state index in [0.29, 0.717) is 12.8 Å². The molecular weight excluding hydrogens is 491 g/mol. The van der Waals surface area contributed by atoms with E-state index in [1.165, 1.54) is 13.8 Å². The Morgan fingerprint density at radius 2 is 1.77 bits per heavy atom. The van der Waals surface area contributed by atoms with E-state index in [-0.39, 0.29) is 27.3 Å². The topological polar surface area (TPSA) is 133 Å². The highest BCUT2D eigenvalue weighted by Gasteiger charge is 2.43. The summed E-state index contributed by atoms with van der Waals surface area (Å²) in [7, 11) is 0. The number of nitrogens with zero attached hydrogens (tertiary/aromatic N) is 4. The highest BCUT2D eigenvalue weighted by Crippen LogP contribution is 2.47. The molecule has 31 heavy (non-hydrogen) atoms. The highest BCUT2D eigenvalue weighted by atomic mass is 79.9. The molecule has 14 heteroatoms. The minimum atomic E-state index is -4.73. The molecule has 1 aromatic carbocycles. The van der Waals surface area contributed by atoms with Crippen LogP contribution < -0.4 is 5.32 Å². The van der Waals surface area contributed by atoms with Gasteiger partial charge in [-0.25, -0.2) is 0 Å². The van der Waals surface area contributed by atoms with E-state index in [2.05, 4.69) is 26.3 Å². The van der Waals surface area contributed by atoms with Crippen molar-refractivity contribution in [2.75, 3.05) is 5.32 Å². The van der Waals surface area contributed by atoms with Crippen LogP contribution in [0.25, 0.3) is 0 Å². The Balaban J connectivity index is 1.97. The molecule has 1 unspecified atom stereocenters. The zero-order valence-corrected chi connectivity index (χ0v) is 17.7. The number of benzene rings is 1. The van der Waals surface area contributed by atoms with Crippen molar-refractivity contribution >= 4 is 38.9 Å². The van der Waals surface area contributed by atoms with Crippen molar-refractivity contribution in [3.05, 3.63) is 53.8 Å². The third kappa shape index (κ3) is 4.38. The van der Waals surface area contributed by atoms with Gasteiger partial charge in [-0.2, -0.15) is 18.3 Å². The summed E-state index contributed by atoms with van der Waals surface area (Å²) < 4.78 is 40.6. The molecule has 1 saturated carbocycles. The van der Waals surface area contributed by atoms with Crippen LogP contribution in [0.2, 0.25) is 0 Å². The zero-order chi connectivity index (χ0) is 23.2. The SMILES string of the molecule is Cc1c([N+](=O)[O-])cc(NC(=O)C(C)n2nc(C(F)(F)F)c(Br)c2C2CC2)cc1[N+](=O)[O-]. The van der Waals surface area contributed by atoms with Crippen LogP contribution in [0.5, 0.6) is 0 Å². The number of carbonyl (C=O) groups is 1. The number of carbonyl (C=O) groups excluding carboxylic acids is 1. The fourth-order valence-electron chi connectivity index (χ4n) is 3.12. The van der Waals surface area contributed by atoms with Gasteiger partial charge in [0.15, 0.2) is 5.69 Å². The van der Waals surface area contributed by atoms with Crippen LogP contribution in [0.15, 0.2) is 16.6 Å². The van der Waals surface area contributed by atoms with Gasteiger partial charge in [-0.05, 0) is 42.6 Å². The van der Waals surface area contributed by atoms with Gasteiger partial charge in [-0.15, -0.1) is 0 Å². The molecule has 0 bridgehead atoms. The van der Waals surface area contributed by atoms with Crippen molar-refractivity contribution < 1.29 is 27.8 Å². The maximum Gasteiger partial charge on any atom is 0.436 e. The van der Waals surface area contributed by atoms with Crippen molar-refractivity contribution in [3.8, 4) is 0 Å². The monoisotopic (exact) mass is 505 g/mol. The molecule has 0 radical (unpaired) electrons. The van der Waals surface area contributed by atoms with Crippen LogP contribution in [0.4, 0.5) is 30.2 Å². The first kappa shape index (κ1) is 22.7. The molecule has 0 spiro atoms. The second-order valence-corrected chi connectivity index (χ2v) is 7.88. The summed E-state index contributed by atoms with van der Waals surface area (Å²) in [6.45, 7) is 2.52. The average molecular weight is 506 g/mol. The van der Waals surface area contributed by atoms with E-state index in [9.17, 15) is 38.2 Å². The number of amides is 1. The van der Waals surface area contributed by atoms with E-state index in [0.717, 1.165) is 16.8 Å². The Labute approximate surface area is 180 Å². The van der Waals surface area contributed by atoms with Crippen LogP contribution in [-0.2, 0) is 11.0 Å². The fraction of sp³-hybridized carbons (Fsp3) is 0.412. The number of nitrogens with one attached hydrogen (secondary N) is 1. The number of halogens is 4. The second-order valence-electron chi connectivity index (χ2n) is 7.08. The van der Waals surface area contributed by atoms with Gasteiger partial charge >= 0.3 is 6.18 Å². The maximum absolute atomic E-state index is 13.3. The molecule has 166 valence electrons. The molecule has 1 N–H and O–H groups in total. The molecule has 3 rings (SSSR count). The lowest BCUT2D eigenvalue weighted by atomic mass is 10.1. The van der Waals surface area contributed by atoms with Gasteiger partial charge in [-0.1, -0.05) is 0 Å². The first-order chi connectivity index (χ1) is 14.3. The lowest BCUT2D eigenvalue weighted by Crippen LogP contribution is -2.26. The summed E-state index contributed by atoms with van der Waals surface area (Å²) in [4.78, 5) is 33.5. The Morgan fingerprint density at radius 3 is 2.19 bits per heavy atom. The molecule has 1 aliphatic rings. The van der Waals surface area contributed by atoms with Crippen molar-refractivity contribution in [2.24, 2.45) is 0 Å². The third-order valence-corrected chi connectivity index (χ3v) is 5.66. The van der Waals surface area contributed by atoms with Crippen LogP contribution in [0.3, 0.4) is 0 Å². The second kappa shape index (κ2) is 7.90. The quantitative estimate of drug-likeness (QED) is 0.439. The van der Waals surface area contributed by atoms with Gasteiger partial charge in [-0.3, -0.25) is 29.7 Å². The molecule has 1 aliphatic carbocycles. The van der Waals surface area contributed by atoms with Crippen LogP contribution in [0.1, 0.15) is 48.7 Å². The normalized spacial score (nSPS) is 14.9. The lowest BCUT2D eigenvalue weighted by molar-refractivity contribution is -0.395. The van der Waals surface area contributed by atoms with E-state index < -0.39 is 45.0 Å². The summed E-state index contributed by atoms with van der Waals surface area (Å²) in [5.74, 6) is -1.02. The number of aromatic nitrogens is 2. The van der Waals surface area contributed by atoms with Gasteiger partial charge in [0.05, 0.1) is 25.7 Å². The molecule has 0 aliphatic heterocycles. The van der Waals surface area contributed by atoms with Crippen molar-refractivity contribution in [1.29, 1.82) is 0 Å². The van der Waals surface area contributed by atoms with Crippen LogP contribution in [-0.4, -0.2) is 25.5 Å². The largest absolute Gasteiger partial charge is 0.436 e. The van der Waals surface area contributed by atoms with E-state index >= 15 is 0 Å². The number of anilines is 1. The Bertz CT molecular complexity index is 1060. The Hall–Kier alpha value is -3.03. The lowest BCUT2D eigenvalue weighted by Gasteiger charge is -2.16. The van der Waals surface area contributed by atoms with Gasteiger partial charge in [0.2, 0.25) is 5.91 Å². The standard InChI is InChI=1S/C17H15BrF3N5O5/c1-7-11(25(28)29)5-10(6-12(7)26(30)31)22-16(27)8(2)24-14(9-3-4-9)13(18)15(23-24)17(19,20)21/h5-6,8-9H,3-4H2,1-2H3,(H,22,27). The Kier molecular flexibility index (Phi) is 5.78. The third-order valence-electron chi connectivity index (χ3n) is 4.88. The number of hydrogen-bond acceptors (Lipinski definition) is 6. The average Bonchev–Trinajstić information content (AvgIpc) is 3.42. The van der Waals surface area contributed by atoms with Crippen molar-refractivity contribution in [2.45, 2.75) is 44.8 Å². The smallest absolute Gasteiger partial charge is 0.324 e. The molecule has 1 heterocycles. The summed E-state index contributed by atoms with van der Waals surface area (Å²) in [6, 6.07) is 0.687. The molecule has 10 nitrogen and oxygen atoms in total. The molecule has 1 amide bonds. The number of nitro benzene ring substituents is 2. The van der Waals surface area contributed by atoms with Gasteiger partial charge in [0, 0.05) is 18.1 Å². The van der Waals surface area contributed by atoms with Crippen molar-refractivity contribution in [3.63, 3.8) is 0 Å². The zero-order valence-electron chi connectivity index (χ0n) is 16.1. The first-order valence-corrected chi connectivity index (χ1v) is 9.71. The van der Waals surface area contributed by atoms with E-state index in [4.69, 9.17) is 0 Å². The number of nitro groups is 2. The number of alkyl halides is 3. The van der Waals surface area contributed by atoms with Crippen LogP contribution >= 0.6 is 15.9 Å². The number of rotatable bonds is 6. The molecule has 1 fully saturated rings. The number of hydrogen-bond donors (Lipinski definition) is 1. The van der Waals surface area contributed by atoms with Crippen LogP contribution in [0, 0.1) is 27.2 Å². The molecule has 1 aromatic heterocycles. The minimum Gasteiger partial charge on any atom is -0.324 e. The first-order valence-electron chi connectivity index (χ1n) is 8.92. The predicted molar refractivity (Wildman–Crippen MR) is 105 cm³/mol. The Morgan fingerprint density at radius 1 is 1.26 bits per heavy atom. The summed E-state index contributed by atoms with van der Waals surface area (Å²) >= 11 is 2.94. The van der Waals surface area contributed by atoms with Gasteiger partial charge < -0.3 is 5.32 Å². The van der Waals surface area contributed by atoms with E-state index in [1.54, 1.807) is 0 Å². The van der Waals surface area contributed by atoms with Gasteiger partial charge in [0.1, 0.15) is 11.6 Å². The maximum atomic E-state index is 13.3. The van der Waals surface area contributed by atoms with Crippen molar-refractivity contribution in [1.82, 2.24) is 9.78 Å². The molecule has 0 saturated heterocycles. The predicted octanol–water partition coefficient (Wildman–Crippen LogP) is 4.87. The minimum absolute atomic E-state index is 0.185. The highest BCUT2D eigenvalue weighted by molar-refractivity contribution is 9.10. The summed E-state index contributed by atoms with van der Waals surface area (Å²) in [5, 5.41) is 28.3. The fourth-order valence-corrected chi connectivity index (χ4v) is 3.93. The molecule has 2 aromatic rings. The van der Waals surface area contributed by atoms with E-state index in [1.807, 2.05) is 0 Å². The molecular formula is C17H15BrF3N5O5. The molecule has 1 atom stereocenters. The summed E-state index contributed by atoms with van der Waals surface area (Å²) in [6.07, 6.45) is -3.44. The van der Waals surface area contributed by atoms with Gasteiger partial charge in [0.25, 0.3) is 11.4 Å².